The molecular formula is C22H30N2O. The second-order valence-electron chi connectivity index (χ2n) is 7.71. The molecule has 0 aromatic heterocycles. The molecule has 2 rings (SSSR count). The molecular weight excluding hydrogens is 308 g/mol. The lowest BCUT2D eigenvalue weighted by atomic mass is 9.92. The Morgan fingerprint density at radius 1 is 1.04 bits per heavy atom. The van der Waals surface area contributed by atoms with Gasteiger partial charge in [-0.15, -0.1) is 0 Å². The largest absolute Gasteiger partial charge is 0.353 e. The fraction of sp³-hybridized carbons (Fsp3) is 0.409. The van der Waals surface area contributed by atoms with Crippen molar-refractivity contribution in [3.05, 3.63) is 60.2 Å². The molecule has 2 aromatic carbocycles. The highest BCUT2D eigenvalue weighted by Crippen LogP contribution is 2.23. The number of benzene rings is 2. The molecule has 0 spiro atoms. The molecule has 2 N–H and O–H groups in total. The van der Waals surface area contributed by atoms with E-state index in [1.807, 2.05) is 6.08 Å². The highest BCUT2D eigenvalue weighted by atomic mass is 16.1. The summed E-state index contributed by atoms with van der Waals surface area (Å²) in [5, 5.41) is 9.01. The van der Waals surface area contributed by atoms with Gasteiger partial charge in [0.1, 0.15) is 0 Å². The third-order valence-electron chi connectivity index (χ3n) is 4.11. The Labute approximate surface area is 151 Å². The van der Waals surface area contributed by atoms with Gasteiger partial charge in [-0.25, -0.2) is 0 Å². The summed E-state index contributed by atoms with van der Waals surface area (Å²) in [6.45, 7) is 9.75. The van der Waals surface area contributed by atoms with Crippen molar-refractivity contribution in [1.29, 1.82) is 0 Å². The van der Waals surface area contributed by atoms with Crippen molar-refractivity contribution in [3.8, 4) is 0 Å². The minimum absolute atomic E-state index is 0.0310. The van der Waals surface area contributed by atoms with Crippen molar-refractivity contribution in [2.24, 2.45) is 5.41 Å². The number of carbonyl (C=O) groups excluding carboxylic acids is 1. The van der Waals surface area contributed by atoms with E-state index in [9.17, 15) is 4.79 Å². The summed E-state index contributed by atoms with van der Waals surface area (Å²) in [7, 11) is 0. The summed E-state index contributed by atoms with van der Waals surface area (Å²) in [6, 6.07) is 15.2. The lowest BCUT2D eigenvalue weighted by molar-refractivity contribution is -0.122. The number of nitrogens with one attached hydrogen (secondary N) is 2. The van der Waals surface area contributed by atoms with Crippen LogP contribution in [0.15, 0.2) is 54.6 Å². The average molecular weight is 338 g/mol. The van der Waals surface area contributed by atoms with Crippen LogP contribution in [0.4, 0.5) is 0 Å². The molecule has 0 bridgehead atoms. The minimum Gasteiger partial charge on any atom is -0.353 e. The van der Waals surface area contributed by atoms with Crippen molar-refractivity contribution in [2.45, 2.75) is 40.2 Å². The van der Waals surface area contributed by atoms with Gasteiger partial charge in [-0.1, -0.05) is 75.4 Å². The van der Waals surface area contributed by atoms with Crippen LogP contribution >= 0.6 is 0 Å². The van der Waals surface area contributed by atoms with Crippen LogP contribution in [0.3, 0.4) is 0 Å². The molecule has 0 saturated carbocycles. The fourth-order valence-corrected chi connectivity index (χ4v) is 2.87. The quantitative estimate of drug-likeness (QED) is 0.725. The molecule has 0 aliphatic carbocycles. The van der Waals surface area contributed by atoms with Gasteiger partial charge >= 0.3 is 0 Å². The number of hydrogen-bond donors (Lipinski definition) is 2. The van der Waals surface area contributed by atoms with E-state index in [2.05, 4.69) is 86.9 Å². The van der Waals surface area contributed by atoms with Gasteiger partial charge in [0.2, 0.25) is 5.91 Å². The number of rotatable bonds is 7. The van der Waals surface area contributed by atoms with Crippen LogP contribution in [0.1, 0.15) is 45.7 Å². The van der Waals surface area contributed by atoms with E-state index in [0.717, 1.165) is 6.54 Å². The van der Waals surface area contributed by atoms with Gasteiger partial charge in [0.15, 0.2) is 0 Å². The van der Waals surface area contributed by atoms with Crippen LogP contribution in [0, 0.1) is 5.41 Å². The molecule has 3 nitrogen and oxygen atoms in total. The maximum atomic E-state index is 11.7. The zero-order chi connectivity index (χ0) is 18.3. The van der Waals surface area contributed by atoms with Gasteiger partial charge in [0, 0.05) is 25.6 Å². The van der Waals surface area contributed by atoms with Gasteiger partial charge in [-0.05, 0) is 28.7 Å². The van der Waals surface area contributed by atoms with Crippen LogP contribution in [0.2, 0.25) is 0 Å². The Morgan fingerprint density at radius 3 is 2.48 bits per heavy atom. The Hall–Kier alpha value is -2.13. The highest BCUT2D eigenvalue weighted by molar-refractivity contribution is 5.86. The Morgan fingerprint density at radius 2 is 1.72 bits per heavy atom. The molecule has 0 fully saturated rings. The number of fused-ring (bicyclic) bond motifs is 1. The zero-order valence-electron chi connectivity index (χ0n) is 15.8. The Balaban J connectivity index is 1.78. The SMILES string of the molecule is C[C@@H](NC/C=C/CNC(=O)CC(C)(C)C)c1cccc2ccccc12. The van der Waals surface area contributed by atoms with Gasteiger partial charge in [0.05, 0.1) is 0 Å². The van der Waals surface area contributed by atoms with Gasteiger partial charge < -0.3 is 10.6 Å². The van der Waals surface area contributed by atoms with Crippen molar-refractivity contribution in [1.82, 2.24) is 10.6 Å². The number of amides is 1. The first-order valence-corrected chi connectivity index (χ1v) is 8.99. The molecule has 25 heavy (non-hydrogen) atoms. The highest BCUT2D eigenvalue weighted by Gasteiger charge is 2.14. The van der Waals surface area contributed by atoms with E-state index in [0.29, 0.717) is 13.0 Å². The molecule has 0 saturated heterocycles. The Kier molecular flexibility index (Phi) is 6.77. The predicted octanol–water partition coefficient (Wildman–Crippen LogP) is 4.60. The smallest absolute Gasteiger partial charge is 0.220 e. The molecule has 1 amide bonds. The molecule has 134 valence electrons. The first-order valence-electron chi connectivity index (χ1n) is 8.99. The summed E-state index contributed by atoms with van der Waals surface area (Å²) in [5.74, 6) is 0.106. The second kappa shape index (κ2) is 8.82. The van der Waals surface area contributed by atoms with Gasteiger partial charge in [-0.3, -0.25) is 4.79 Å². The molecule has 2 aromatic rings. The summed E-state index contributed by atoms with van der Waals surface area (Å²) < 4.78 is 0. The summed E-state index contributed by atoms with van der Waals surface area (Å²) in [4.78, 5) is 11.7. The van der Waals surface area contributed by atoms with Crippen LogP contribution in [-0.2, 0) is 4.79 Å². The van der Waals surface area contributed by atoms with Crippen molar-refractivity contribution in [3.63, 3.8) is 0 Å². The molecule has 0 heterocycles. The van der Waals surface area contributed by atoms with Gasteiger partial charge in [0.25, 0.3) is 0 Å². The van der Waals surface area contributed by atoms with E-state index in [1.165, 1.54) is 16.3 Å². The monoisotopic (exact) mass is 338 g/mol. The molecule has 0 aliphatic heterocycles. The summed E-state index contributed by atoms with van der Waals surface area (Å²) >= 11 is 0. The molecule has 0 unspecified atom stereocenters. The molecule has 1 atom stereocenters. The maximum Gasteiger partial charge on any atom is 0.220 e. The molecule has 0 radical (unpaired) electrons. The molecule has 3 heteroatoms. The van der Waals surface area contributed by atoms with Crippen LogP contribution < -0.4 is 10.6 Å². The zero-order valence-corrected chi connectivity index (χ0v) is 15.8. The van der Waals surface area contributed by atoms with Crippen molar-refractivity contribution >= 4 is 16.7 Å². The van der Waals surface area contributed by atoms with Crippen LogP contribution in [-0.4, -0.2) is 19.0 Å². The Bertz CT molecular complexity index is 723. The van der Waals surface area contributed by atoms with E-state index in [4.69, 9.17) is 0 Å². The average Bonchev–Trinajstić information content (AvgIpc) is 2.55. The first-order chi connectivity index (χ1) is 11.9. The number of carbonyl (C=O) groups is 1. The summed E-state index contributed by atoms with van der Waals surface area (Å²) in [6.07, 6.45) is 4.62. The van der Waals surface area contributed by atoms with E-state index in [1.54, 1.807) is 0 Å². The van der Waals surface area contributed by atoms with E-state index in [-0.39, 0.29) is 17.4 Å². The normalized spacial score (nSPS) is 13.3. The van der Waals surface area contributed by atoms with E-state index < -0.39 is 0 Å². The lowest BCUT2D eigenvalue weighted by Crippen LogP contribution is -2.27. The predicted molar refractivity (Wildman–Crippen MR) is 107 cm³/mol. The third-order valence-corrected chi connectivity index (χ3v) is 4.11. The standard InChI is InChI=1S/C22H30N2O/c1-17(19-13-9-11-18-10-5-6-12-20(18)19)23-14-7-8-15-24-21(25)16-22(2,3)4/h5-13,17,23H,14-16H2,1-4H3,(H,24,25)/b8-7+/t17-/m1/s1. The van der Waals surface area contributed by atoms with Gasteiger partial charge in [-0.2, -0.15) is 0 Å². The molecule has 0 aliphatic rings. The van der Waals surface area contributed by atoms with Crippen molar-refractivity contribution < 1.29 is 4.79 Å². The minimum atomic E-state index is 0.0310. The first kappa shape index (κ1) is 19.2. The van der Waals surface area contributed by atoms with Crippen LogP contribution in [0.5, 0.6) is 0 Å². The lowest BCUT2D eigenvalue weighted by Gasteiger charge is -2.17. The van der Waals surface area contributed by atoms with E-state index >= 15 is 0 Å². The summed E-state index contributed by atoms with van der Waals surface area (Å²) in [5.41, 5.74) is 1.34. The van der Waals surface area contributed by atoms with Crippen LogP contribution in [0.25, 0.3) is 10.8 Å². The maximum absolute atomic E-state index is 11.7. The third kappa shape index (κ3) is 6.35. The van der Waals surface area contributed by atoms with Crippen molar-refractivity contribution in [2.75, 3.05) is 13.1 Å². The topological polar surface area (TPSA) is 41.1 Å². The number of hydrogen-bond acceptors (Lipinski definition) is 2. The second-order valence-corrected chi connectivity index (χ2v) is 7.71. The fourth-order valence-electron chi connectivity index (χ4n) is 2.87.